The molecule has 2 aromatic rings. The first kappa shape index (κ1) is 12.9. The van der Waals surface area contributed by atoms with Crippen LogP contribution in [0.1, 0.15) is 0 Å². The fourth-order valence-corrected chi connectivity index (χ4v) is 2.47. The van der Waals surface area contributed by atoms with Crippen LogP contribution in [0.2, 0.25) is 0 Å². The van der Waals surface area contributed by atoms with Crippen LogP contribution in [0.4, 0.5) is 11.4 Å². The maximum absolute atomic E-state index is 12.0. The van der Waals surface area contributed by atoms with Crippen molar-refractivity contribution in [3.05, 3.63) is 51.3 Å². The van der Waals surface area contributed by atoms with Gasteiger partial charge in [0.2, 0.25) is 0 Å². The minimum atomic E-state index is -4.10. The molecular formula is C10H10N4O4S. The van der Waals surface area contributed by atoms with E-state index in [0.717, 1.165) is 6.20 Å². The number of anilines is 2. The number of aromatic nitrogens is 2. The molecule has 0 unspecified atom stereocenters. The highest BCUT2D eigenvalue weighted by atomic mass is 32.2. The van der Waals surface area contributed by atoms with E-state index in [2.05, 4.69) is 9.71 Å². The van der Waals surface area contributed by atoms with Crippen LogP contribution in [0.3, 0.4) is 0 Å². The van der Waals surface area contributed by atoms with Crippen LogP contribution < -0.4 is 21.7 Å². The molecule has 0 spiro atoms. The van der Waals surface area contributed by atoms with Gasteiger partial charge < -0.3 is 10.7 Å². The maximum atomic E-state index is 12.0. The first-order valence-electron chi connectivity index (χ1n) is 5.09. The van der Waals surface area contributed by atoms with Gasteiger partial charge in [0.05, 0.1) is 5.69 Å². The zero-order valence-corrected chi connectivity index (χ0v) is 10.3. The van der Waals surface area contributed by atoms with Crippen molar-refractivity contribution in [3.63, 3.8) is 0 Å². The van der Waals surface area contributed by atoms with Gasteiger partial charge in [-0.15, -0.1) is 0 Å². The Labute approximate surface area is 107 Å². The summed E-state index contributed by atoms with van der Waals surface area (Å²) in [6.07, 6.45) is 0.829. The van der Waals surface area contributed by atoms with Crippen molar-refractivity contribution in [1.29, 1.82) is 0 Å². The van der Waals surface area contributed by atoms with Gasteiger partial charge in [0, 0.05) is 11.9 Å². The molecule has 0 saturated carbocycles. The number of hydrogen-bond donors (Lipinski definition) is 4. The minimum absolute atomic E-state index is 0.214. The van der Waals surface area contributed by atoms with Crippen molar-refractivity contribution in [2.45, 2.75) is 4.90 Å². The van der Waals surface area contributed by atoms with Gasteiger partial charge in [0.15, 0.2) is 4.90 Å². The third-order valence-electron chi connectivity index (χ3n) is 2.21. The summed E-state index contributed by atoms with van der Waals surface area (Å²) in [6, 6.07) is 6.03. The fourth-order valence-electron chi connectivity index (χ4n) is 1.41. The molecule has 1 aromatic carbocycles. The quantitative estimate of drug-likeness (QED) is 0.559. The van der Waals surface area contributed by atoms with E-state index in [1.165, 1.54) is 12.1 Å². The van der Waals surface area contributed by atoms with Crippen LogP contribution >= 0.6 is 0 Å². The number of rotatable bonds is 3. The number of nitrogens with two attached hydrogens (primary N) is 1. The minimum Gasteiger partial charge on any atom is -0.399 e. The Kier molecular flexibility index (Phi) is 3.13. The number of hydrogen-bond acceptors (Lipinski definition) is 5. The van der Waals surface area contributed by atoms with Crippen LogP contribution in [-0.2, 0) is 10.0 Å². The van der Waals surface area contributed by atoms with E-state index in [-0.39, 0.29) is 5.69 Å². The molecule has 1 heterocycles. The fraction of sp³-hybridized carbons (Fsp3) is 0. The number of H-pyrrole nitrogens is 2. The van der Waals surface area contributed by atoms with Crippen molar-refractivity contribution in [3.8, 4) is 0 Å². The summed E-state index contributed by atoms with van der Waals surface area (Å²) in [4.78, 5) is 25.6. The van der Waals surface area contributed by atoms with Gasteiger partial charge in [0.25, 0.3) is 15.6 Å². The molecule has 0 amide bonds. The molecule has 0 aliphatic rings. The molecule has 0 aliphatic heterocycles. The predicted molar refractivity (Wildman–Crippen MR) is 69.3 cm³/mol. The average Bonchev–Trinajstić information content (AvgIpc) is 2.27. The largest absolute Gasteiger partial charge is 0.399 e. The Bertz CT molecular complexity index is 822. The van der Waals surface area contributed by atoms with E-state index in [9.17, 15) is 18.0 Å². The zero-order valence-electron chi connectivity index (χ0n) is 9.51. The molecule has 2 rings (SSSR count). The Hall–Kier alpha value is -2.55. The second-order valence-electron chi connectivity index (χ2n) is 3.67. The normalized spacial score (nSPS) is 11.2. The van der Waals surface area contributed by atoms with Gasteiger partial charge >= 0.3 is 5.69 Å². The van der Waals surface area contributed by atoms with Crippen LogP contribution in [0, 0.1) is 0 Å². The summed E-state index contributed by atoms with van der Waals surface area (Å²) in [6.45, 7) is 0. The molecular weight excluding hydrogens is 272 g/mol. The topological polar surface area (TPSA) is 138 Å². The highest BCUT2D eigenvalue weighted by Gasteiger charge is 2.18. The van der Waals surface area contributed by atoms with E-state index in [4.69, 9.17) is 5.73 Å². The number of sulfonamides is 1. The number of nitrogens with one attached hydrogen (secondary N) is 3. The first-order chi connectivity index (χ1) is 8.88. The molecule has 8 nitrogen and oxygen atoms in total. The second-order valence-corrected chi connectivity index (χ2v) is 5.32. The molecule has 1 aromatic heterocycles. The monoisotopic (exact) mass is 282 g/mol. The Balaban J connectivity index is 2.43. The molecule has 0 saturated heterocycles. The van der Waals surface area contributed by atoms with Crippen LogP contribution in [0.5, 0.6) is 0 Å². The standard InChI is InChI=1S/C10H10N4O4S/c11-6-2-1-3-7(4-6)14-19(17,18)8-5-12-10(16)13-9(8)15/h1-5,14H,11H2,(H2,12,13,15,16). The summed E-state index contributed by atoms with van der Waals surface area (Å²) in [7, 11) is -4.10. The van der Waals surface area contributed by atoms with Crippen molar-refractivity contribution >= 4 is 21.4 Å². The Morgan fingerprint density at radius 3 is 2.58 bits per heavy atom. The third kappa shape index (κ3) is 2.83. The number of aromatic amines is 2. The van der Waals surface area contributed by atoms with Crippen LogP contribution in [-0.4, -0.2) is 18.4 Å². The summed E-state index contributed by atoms with van der Waals surface area (Å²) in [5.74, 6) is 0. The van der Waals surface area contributed by atoms with Gasteiger partial charge in [-0.25, -0.2) is 13.2 Å². The van der Waals surface area contributed by atoms with Gasteiger partial charge in [-0.1, -0.05) is 6.07 Å². The predicted octanol–water partition coefficient (Wildman–Crippen LogP) is -0.554. The van der Waals surface area contributed by atoms with Gasteiger partial charge in [0.1, 0.15) is 0 Å². The highest BCUT2D eigenvalue weighted by Crippen LogP contribution is 2.15. The molecule has 5 N–H and O–H groups in total. The molecule has 0 fully saturated rings. The third-order valence-corrected chi connectivity index (χ3v) is 3.60. The van der Waals surface area contributed by atoms with E-state index in [1.54, 1.807) is 12.1 Å². The zero-order chi connectivity index (χ0) is 14.0. The number of benzene rings is 1. The lowest BCUT2D eigenvalue weighted by molar-refractivity contribution is 0.599. The first-order valence-corrected chi connectivity index (χ1v) is 6.57. The van der Waals surface area contributed by atoms with Crippen molar-refractivity contribution in [2.24, 2.45) is 0 Å². The van der Waals surface area contributed by atoms with E-state index in [0.29, 0.717) is 5.69 Å². The van der Waals surface area contributed by atoms with E-state index < -0.39 is 26.2 Å². The Morgan fingerprint density at radius 1 is 1.21 bits per heavy atom. The summed E-state index contributed by atoms with van der Waals surface area (Å²) >= 11 is 0. The average molecular weight is 282 g/mol. The second kappa shape index (κ2) is 4.61. The van der Waals surface area contributed by atoms with Crippen LogP contribution in [0.25, 0.3) is 0 Å². The molecule has 0 bridgehead atoms. The molecule has 9 heteroatoms. The van der Waals surface area contributed by atoms with Crippen LogP contribution in [0.15, 0.2) is 44.9 Å². The van der Waals surface area contributed by atoms with Crippen molar-refractivity contribution < 1.29 is 8.42 Å². The smallest absolute Gasteiger partial charge is 0.325 e. The lowest BCUT2D eigenvalue weighted by Crippen LogP contribution is -2.29. The molecule has 0 aliphatic carbocycles. The van der Waals surface area contributed by atoms with E-state index >= 15 is 0 Å². The van der Waals surface area contributed by atoms with Crippen molar-refractivity contribution in [2.75, 3.05) is 10.5 Å². The molecule has 100 valence electrons. The maximum Gasteiger partial charge on any atom is 0.325 e. The highest BCUT2D eigenvalue weighted by molar-refractivity contribution is 7.92. The van der Waals surface area contributed by atoms with E-state index in [1.807, 2.05) is 4.98 Å². The summed E-state index contributed by atoms with van der Waals surface area (Å²) < 4.78 is 26.1. The summed E-state index contributed by atoms with van der Waals surface area (Å²) in [5.41, 5.74) is 4.32. The lowest BCUT2D eigenvalue weighted by atomic mass is 10.3. The molecule has 0 atom stereocenters. The van der Waals surface area contributed by atoms with Crippen molar-refractivity contribution in [1.82, 2.24) is 9.97 Å². The Morgan fingerprint density at radius 2 is 1.95 bits per heavy atom. The van der Waals surface area contributed by atoms with Gasteiger partial charge in [-0.2, -0.15) is 0 Å². The van der Waals surface area contributed by atoms with Gasteiger partial charge in [-0.05, 0) is 18.2 Å². The lowest BCUT2D eigenvalue weighted by Gasteiger charge is -2.07. The summed E-state index contributed by atoms with van der Waals surface area (Å²) in [5, 5.41) is 0. The van der Waals surface area contributed by atoms with Gasteiger partial charge in [-0.3, -0.25) is 14.5 Å². The molecule has 19 heavy (non-hydrogen) atoms. The molecule has 0 radical (unpaired) electrons. The SMILES string of the molecule is Nc1cccc(NS(=O)(=O)c2c[nH]c(=O)[nH]c2=O)c1. The number of nitrogen functional groups attached to an aromatic ring is 1.